The van der Waals surface area contributed by atoms with Crippen molar-refractivity contribution in [1.82, 2.24) is 0 Å². The average Bonchev–Trinajstić information content (AvgIpc) is 2.15. The van der Waals surface area contributed by atoms with Crippen LogP contribution in [0.25, 0.3) is 6.08 Å². The van der Waals surface area contributed by atoms with Crippen molar-refractivity contribution in [2.75, 3.05) is 6.54 Å². The molecular weight excluding hydrogens is 249 g/mol. The molecule has 1 aromatic carbocycles. The number of halogens is 2. The zero-order valence-corrected chi connectivity index (χ0v) is 9.31. The van der Waals surface area contributed by atoms with Crippen LogP contribution in [0.3, 0.4) is 0 Å². The first-order chi connectivity index (χ1) is 6.57. The van der Waals surface area contributed by atoms with Crippen molar-refractivity contribution in [3.8, 4) is 5.75 Å². The SMILES string of the molecule is Cc1c(Br)cc(F)c(O)c1/C=C/CN. The smallest absolute Gasteiger partial charge is 0.166 e. The van der Waals surface area contributed by atoms with E-state index in [1.165, 1.54) is 6.07 Å². The lowest BCUT2D eigenvalue weighted by Crippen LogP contribution is -1.93. The highest BCUT2D eigenvalue weighted by molar-refractivity contribution is 9.10. The maximum atomic E-state index is 13.1. The van der Waals surface area contributed by atoms with Crippen molar-refractivity contribution in [3.05, 3.63) is 33.6 Å². The molecule has 0 amide bonds. The molecule has 0 aliphatic rings. The lowest BCUT2D eigenvalue weighted by Gasteiger charge is -2.07. The van der Waals surface area contributed by atoms with Crippen LogP contribution in [0.1, 0.15) is 11.1 Å². The Kier molecular flexibility index (Phi) is 3.66. The molecule has 0 aromatic heterocycles. The normalized spacial score (nSPS) is 11.1. The third-order valence-electron chi connectivity index (χ3n) is 1.92. The summed E-state index contributed by atoms with van der Waals surface area (Å²) in [6, 6.07) is 1.24. The zero-order valence-electron chi connectivity index (χ0n) is 7.72. The van der Waals surface area contributed by atoms with Crippen LogP contribution in [0.4, 0.5) is 4.39 Å². The highest BCUT2D eigenvalue weighted by atomic mass is 79.9. The number of nitrogens with two attached hydrogens (primary N) is 1. The van der Waals surface area contributed by atoms with Gasteiger partial charge in [0.05, 0.1) is 0 Å². The molecule has 0 fully saturated rings. The average molecular weight is 260 g/mol. The summed E-state index contributed by atoms with van der Waals surface area (Å²) in [6.07, 6.45) is 3.27. The van der Waals surface area contributed by atoms with Crippen molar-refractivity contribution >= 4 is 22.0 Å². The van der Waals surface area contributed by atoms with Crippen molar-refractivity contribution in [2.45, 2.75) is 6.92 Å². The lowest BCUT2D eigenvalue weighted by molar-refractivity contribution is 0.430. The summed E-state index contributed by atoms with van der Waals surface area (Å²) in [5, 5.41) is 9.44. The molecule has 1 aromatic rings. The number of phenols is 1. The maximum absolute atomic E-state index is 13.1. The van der Waals surface area contributed by atoms with Crippen LogP contribution in [-0.2, 0) is 0 Å². The largest absolute Gasteiger partial charge is 0.504 e. The van der Waals surface area contributed by atoms with Gasteiger partial charge in [-0.1, -0.05) is 28.1 Å². The fourth-order valence-corrected chi connectivity index (χ4v) is 1.53. The van der Waals surface area contributed by atoms with Crippen LogP contribution in [0, 0.1) is 12.7 Å². The van der Waals surface area contributed by atoms with Gasteiger partial charge < -0.3 is 10.8 Å². The van der Waals surface area contributed by atoms with E-state index in [9.17, 15) is 9.50 Å². The predicted molar refractivity (Wildman–Crippen MR) is 58.6 cm³/mol. The van der Waals surface area contributed by atoms with Gasteiger partial charge in [0.1, 0.15) is 0 Å². The van der Waals surface area contributed by atoms with E-state index in [0.717, 1.165) is 5.56 Å². The van der Waals surface area contributed by atoms with Gasteiger partial charge in [-0.25, -0.2) is 4.39 Å². The second kappa shape index (κ2) is 4.57. The molecule has 0 saturated heterocycles. The molecule has 0 bridgehead atoms. The summed E-state index contributed by atoms with van der Waals surface area (Å²) in [7, 11) is 0. The molecule has 14 heavy (non-hydrogen) atoms. The van der Waals surface area contributed by atoms with Crippen molar-refractivity contribution < 1.29 is 9.50 Å². The van der Waals surface area contributed by atoms with E-state index in [2.05, 4.69) is 15.9 Å². The minimum Gasteiger partial charge on any atom is -0.504 e. The molecule has 0 atom stereocenters. The van der Waals surface area contributed by atoms with E-state index in [1.54, 1.807) is 19.1 Å². The van der Waals surface area contributed by atoms with Gasteiger partial charge in [-0.15, -0.1) is 0 Å². The van der Waals surface area contributed by atoms with Gasteiger partial charge in [0, 0.05) is 16.6 Å². The van der Waals surface area contributed by atoms with E-state index < -0.39 is 5.82 Å². The topological polar surface area (TPSA) is 46.2 Å². The Morgan fingerprint density at radius 2 is 2.29 bits per heavy atom. The van der Waals surface area contributed by atoms with Gasteiger partial charge in [0.25, 0.3) is 0 Å². The van der Waals surface area contributed by atoms with Crippen LogP contribution < -0.4 is 5.73 Å². The van der Waals surface area contributed by atoms with E-state index in [4.69, 9.17) is 5.73 Å². The molecular formula is C10H11BrFNO. The Balaban J connectivity index is 3.32. The third kappa shape index (κ3) is 2.13. The van der Waals surface area contributed by atoms with E-state index >= 15 is 0 Å². The number of benzene rings is 1. The molecule has 1 rings (SSSR count). The summed E-state index contributed by atoms with van der Waals surface area (Å²) < 4.78 is 13.7. The van der Waals surface area contributed by atoms with Crippen molar-refractivity contribution in [1.29, 1.82) is 0 Å². The zero-order chi connectivity index (χ0) is 10.7. The van der Waals surface area contributed by atoms with Gasteiger partial charge in [0.15, 0.2) is 11.6 Å². The molecule has 0 radical (unpaired) electrons. The first-order valence-electron chi connectivity index (χ1n) is 4.12. The molecule has 4 heteroatoms. The fraction of sp³-hybridized carbons (Fsp3) is 0.200. The number of hydrogen-bond acceptors (Lipinski definition) is 2. The summed E-state index contributed by atoms with van der Waals surface area (Å²) in [6.45, 7) is 2.15. The fourth-order valence-electron chi connectivity index (χ4n) is 1.11. The highest BCUT2D eigenvalue weighted by Crippen LogP contribution is 2.31. The second-order valence-corrected chi connectivity index (χ2v) is 3.72. The van der Waals surface area contributed by atoms with Gasteiger partial charge in [-0.3, -0.25) is 0 Å². The summed E-state index contributed by atoms with van der Waals surface area (Å²) in [4.78, 5) is 0. The van der Waals surface area contributed by atoms with Crippen LogP contribution in [0.2, 0.25) is 0 Å². The standard InChI is InChI=1S/C10H11BrFNO/c1-6-7(3-2-4-13)10(14)9(12)5-8(6)11/h2-3,5,14H,4,13H2,1H3/b3-2+. The molecule has 76 valence electrons. The van der Waals surface area contributed by atoms with Gasteiger partial charge in [-0.05, 0) is 18.6 Å². The summed E-state index contributed by atoms with van der Waals surface area (Å²) in [5.74, 6) is -0.977. The van der Waals surface area contributed by atoms with Gasteiger partial charge >= 0.3 is 0 Å². The van der Waals surface area contributed by atoms with Gasteiger partial charge in [0.2, 0.25) is 0 Å². The minimum absolute atomic E-state index is 0.338. The monoisotopic (exact) mass is 259 g/mol. The molecule has 3 N–H and O–H groups in total. The Labute approximate surface area is 90.4 Å². The molecule has 0 aliphatic carbocycles. The van der Waals surface area contributed by atoms with Crippen LogP contribution >= 0.6 is 15.9 Å². The quantitative estimate of drug-likeness (QED) is 0.858. The Morgan fingerprint density at radius 1 is 1.64 bits per heavy atom. The minimum atomic E-state index is -0.640. The summed E-state index contributed by atoms with van der Waals surface area (Å²) in [5.41, 5.74) is 6.52. The predicted octanol–water partition coefficient (Wildman–Crippen LogP) is 2.57. The number of rotatable bonds is 2. The third-order valence-corrected chi connectivity index (χ3v) is 2.74. The number of aromatic hydroxyl groups is 1. The summed E-state index contributed by atoms with van der Waals surface area (Å²) >= 11 is 3.21. The second-order valence-electron chi connectivity index (χ2n) is 2.87. The highest BCUT2D eigenvalue weighted by Gasteiger charge is 2.10. The van der Waals surface area contributed by atoms with Crippen LogP contribution in [0.5, 0.6) is 5.75 Å². The maximum Gasteiger partial charge on any atom is 0.166 e. The number of phenolic OH excluding ortho intramolecular Hbond substituents is 1. The Morgan fingerprint density at radius 3 is 2.86 bits per heavy atom. The van der Waals surface area contributed by atoms with E-state index in [1.807, 2.05) is 0 Å². The molecule has 0 heterocycles. The molecule has 0 spiro atoms. The van der Waals surface area contributed by atoms with Crippen molar-refractivity contribution in [3.63, 3.8) is 0 Å². The van der Waals surface area contributed by atoms with E-state index in [0.29, 0.717) is 16.6 Å². The van der Waals surface area contributed by atoms with Crippen LogP contribution in [0.15, 0.2) is 16.6 Å². The molecule has 0 unspecified atom stereocenters. The van der Waals surface area contributed by atoms with Gasteiger partial charge in [-0.2, -0.15) is 0 Å². The Hall–Kier alpha value is -0.870. The van der Waals surface area contributed by atoms with Crippen molar-refractivity contribution in [2.24, 2.45) is 5.73 Å². The van der Waals surface area contributed by atoms with E-state index in [-0.39, 0.29) is 5.75 Å². The van der Waals surface area contributed by atoms with Crippen LogP contribution in [-0.4, -0.2) is 11.7 Å². The molecule has 0 aliphatic heterocycles. The number of hydrogen-bond donors (Lipinski definition) is 2. The lowest BCUT2D eigenvalue weighted by atomic mass is 10.1. The molecule has 2 nitrogen and oxygen atoms in total. The Bertz CT molecular complexity index is 351. The first-order valence-corrected chi connectivity index (χ1v) is 4.91. The first kappa shape index (κ1) is 11.2. The molecule has 0 saturated carbocycles.